The number of rotatable bonds is 7. The molecule has 6 heteroatoms. The molecular formula is C15H24N2O3Si. The number of aromatic nitrogens is 2. The number of aliphatic hydroxyl groups excluding tert-OH is 2. The normalized spacial score (nSPS) is 13.8. The molecule has 0 fully saturated rings. The van der Waals surface area contributed by atoms with E-state index in [4.69, 9.17) is 9.84 Å². The third kappa shape index (κ3) is 4.13. The summed E-state index contributed by atoms with van der Waals surface area (Å²) in [6, 6.07) is 6.73. The van der Waals surface area contributed by atoms with Gasteiger partial charge in [-0.15, -0.1) is 0 Å². The highest BCUT2D eigenvalue weighted by Gasteiger charge is 2.14. The standard InChI is InChI=1S/C15H24N2O3Si/c1-21(2,3)8-7-20-11-17-14-6-4-5-12(15(19)10-18)13(14)9-16-17/h4-6,9,15,18-19H,7-8,10-11H2,1-3H3/t15-/m0/s1. The summed E-state index contributed by atoms with van der Waals surface area (Å²) in [5.74, 6) is 0. The van der Waals surface area contributed by atoms with Crippen LogP contribution in [0.25, 0.3) is 10.9 Å². The Hall–Kier alpha value is -1.21. The second-order valence-electron chi connectivity index (χ2n) is 6.47. The molecule has 116 valence electrons. The lowest BCUT2D eigenvalue weighted by molar-refractivity contribution is 0.0816. The molecule has 0 saturated heterocycles. The first kappa shape index (κ1) is 16.2. The molecule has 0 amide bonds. The van der Waals surface area contributed by atoms with Crippen LogP contribution in [0.1, 0.15) is 11.7 Å². The Labute approximate surface area is 126 Å². The van der Waals surface area contributed by atoms with Gasteiger partial charge in [-0.2, -0.15) is 5.10 Å². The lowest BCUT2D eigenvalue weighted by atomic mass is 10.1. The molecule has 0 radical (unpaired) electrons. The minimum atomic E-state index is -1.08. The predicted octanol–water partition coefficient (Wildman–Crippen LogP) is 2.37. The molecule has 21 heavy (non-hydrogen) atoms. The van der Waals surface area contributed by atoms with Gasteiger partial charge in [-0.05, 0) is 17.7 Å². The van der Waals surface area contributed by atoms with E-state index in [-0.39, 0.29) is 6.61 Å². The largest absolute Gasteiger partial charge is 0.393 e. The van der Waals surface area contributed by atoms with E-state index in [1.165, 1.54) is 0 Å². The van der Waals surface area contributed by atoms with Gasteiger partial charge in [-0.3, -0.25) is 0 Å². The van der Waals surface area contributed by atoms with Gasteiger partial charge in [-0.1, -0.05) is 31.8 Å². The van der Waals surface area contributed by atoms with Gasteiger partial charge in [0.05, 0.1) is 18.3 Å². The zero-order chi connectivity index (χ0) is 15.5. The van der Waals surface area contributed by atoms with Gasteiger partial charge in [-0.25, -0.2) is 4.68 Å². The molecule has 0 aliphatic rings. The topological polar surface area (TPSA) is 67.5 Å². The van der Waals surface area contributed by atoms with Crippen LogP contribution < -0.4 is 0 Å². The zero-order valence-electron chi connectivity index (χ0n) is 12.9. The first-order chi connectivity index (χ1) is 9.92. The van der Waals surface area contributed by atoms with Crippen molar-refractivity contribution < 1.29 is 14.9 Å². The van der Waals surface area contributed by atoms with Crippen molar-refractivity contribution in [2.24, 2.45) is 0 Å². The van der Waals surface area contributed by atoms with E-state index in [2.05, 4.69) is 24.7 Å². The first-order valence-corrected chi connectivity index (χ1v) is 10.9. The van der Waals surface area contributed by atoms with E-state index < -0.39 is 14.2 Å². The Kier molecular flexibility index (Phi) is 5.16. The van der Waals surface area contributed by atoms with Crippen molar-refractivity contribution in [3.63, 3.8) is 0 Å². The highest BCUT2D eigenvalue weighted by Crippen LogP contribution is 2.24. The summed E-state index contributed by atoms with van der Waals surface area (Å²) in [4.78, 5) is 0. The Morgan fingerprint density at radius 1 is 1.33 bits per heavy atom. The summed E-state index contributed by atoms with van der Waals surface area (Å²) in [5.41, 5.74) is 1.61. The first-order valence-electron chi connectivity index (χ1n) is 7.23. The smallest absolute Gasteiger partial charge is 0.139 e. The van der Waals surface area contributed by atoms with Crippen LogP contribution in [0, 0.1) is 0 Å². The fourth-order valence-corrected chi connectivity index (χ4v) is 2.90. The quantitative estimate of drug-likeness (QED) is 0.609. The maximum atomic E-state index is 9.83. The van der Waals surface area contributed by atoms with Crippen LogP contribution in [0.15, 0.2) is 24.4 Å². The molecule has 0 saturated carbocycles. The molecule has 1 aromatic carbocycles. The molecule has 5 nitrogen and oxygen atoms in total. The van der Waals surface area contributed by atoms with E-state index in [0.717, 1.165) is 23.6 Å². The van der Waals surface area contributed by atoms with Gasteiger partial charge < -0.3 is 14.9 Å². The van der Waals surface area contributed by atoms with Crippen LogP contribution in [0.3, 0.4) is 0 Å². The summed E-state index contributed by atoms with van der Waals surface area (Å²) in [5, 5.41) is 24.1. The van der Waals surface area contributed by atoms with Gasteiger partial charge >= 0.3 is 0 Å². The molecule has 2 N–H and O–H groups in total. The fraction of sp³-hybridized carbons (Fsp3) is 0.533. The minimum absolute atomic E-state index is 0.295. The molecule has 2 aromatic rings. The van der Waals surface area contributed by atoms with Crippen LogP contribution in [0.5, 0.6) is 0 Å². The SMILES string of the molecule is C[Si](C)(C)CCOCn1ncc2c([C@@H](O)CO)cccc21. The summed E-state index contributed by atoms with van der Waals surface area (Å²) >= 11 is 0. The molecule has 1 atom stereocenters. The van der Waals surface area contributed by atoms with E-state index in [9.17, 15) is 5.11 Å². The fourth-order valence-electron chi connectivity index (χ4n) is 2.15. The Balaban J connectivity index is 2.08. The molecule has 2 rings (SSSR count). The molecular weight excluding hydrogens is 284 g/mol. The van der Waals surface area contributed by atoms with Gasteiger partial charge in [0.25, 0.3) is 0 Å². The Morgan fingerprint density at radius 2 is 2.10 bits per heavy atom. The lowest BCUT2D eigenvalue weighted by Crippen LogP contribution is -2.22. The van der Waals surface area contributed by atoms with Crippen molar-refractivity contribution in [2.45, 2.75) is 38.5 Å². The van der Waals surface area contributed by atoms with Crippen molar-refractivity contribution in [2.75, 3.05) is 13.2 Å². The summed E-state index contributed by atoms with van der Waals surface area (Å²) in [6.07, 6.45) is 0.838. The summed E-state index contributed by atoms with van der Waals surface area (Å²) in [7, 11) is -1.08. The maximum Gasteiger partial charge on any atom is 0.139 e. The number of fused-ring (bicyclic) bond motifs is 1. The van der Waals surface area contributed by atoms with Gasteiger partial charge in [0.2, 0.25) is 0 Å². The van der Waals surface area contributed by atoms with E-state index in [0.29, 0.717) is 12.3 Å². The van der Waals surface area contributed by atoms with Gasteiger partial charge in [0.1, 0.15) is 12.8 Å². The Bertz CT molecular complexity index is 592. The average Bonchev–Trinajstić information content (AvgIpc) is 2.85. The number of benzene rings is 1. The molecule has 0 unspecified atom stereocenters. The van der Waals surface area contributed by atoms with Crippen LogP contribution in [0.4, 0.5) is 0 Å². The van der Waals surface area contributed by atoms with Crippen molar-refractivity contribution >= 4 is 19.0 Å². The third-order valence-corrected chi connectivity index (χ3v) is 5.17. The van der Waals surface area contributed by atoms with Crippen molar-refractivity contribution in [3.8, 4) is 0 Å². The number of ether oxygens (including phenoxy) is 1. The molecule has 0 bridgehead atoms. The lowest BCUT2D eigenvalue weighted by Gasteiger charge is -2.15. The molecule has 0 aliphatic heterocycles. The number of aliphatic hydroxyl groups is 2. The van der Waals surface area contributed by atoms with E-state index >= 15 is 0 Å². The van der Waals surface area contributed by atoms with Crippen molar-refractivity contribution in [3.05, 3.63) is 30.0 Å². The second-order valence-corrected chi connectivity index (χ2v) is 12.1. The second kappa shape index (κ2) is 6.70. The molecule has 0 aliphatic carbocycles. The van der Waals surface area contributed by atoms with Gasteiger partial charge in [0.15, 0.2) is 0 Å². The van der Waals surface area contributed by atoms with E-state index in [1.807, 2.05) is 12.1 Å². The number of nitrogens with zero attached hydrogens (tertiary/aromatic N) is 2. The van der Waals surface area contributed by atoms with E-state index in [1.54, 1.807) is 16.9 Å². The molecule has 1 heterocycles. The number of hydrogen-bond donors (Lipinski definition) is 2. The average molecular weight is 308 g/mol. The van der Waals surface area contributed by atoms with Crippen molar-refractivity contribution in [1.29, 1.82) is 0 Å². The maximum absolute atomic E-state index is 9.83. The summed E-state index contributed by atoms with van der Waals surface area (Å²) in [6.45, 7) is 7.83. The third-order valence-electron chi connectivity index (χ3n) is 3.46. The minimum Gasteiger partial charge on any atom is -0.393 e. The van der Waals surface area contributed by atoms with Crippen molar-refractivity contribution in [1.82, 2.24) is 9.78 Å². The highest BCUT2D eigenvalue weighted by atomic mass is 28.3. The monoisotopic (exact) mass is 308 g/mol. The molecule has 1 aromatic heterocycles. The zero-order valence-corrected chi connectivity index (χ0v) is 13.9. The van der Waals surface area contributed by atoms with Crippen LogP contribution in [0.2, 0.25) is 25.7 Å². The highest BCUT2D eigenvalue weighted by molar-refractivity contribution is 6.76. The van der Waals surface area contributed by atoms with Gasteiger partial charge in [0, 0.05) is 20.1 Å². The van der Waals surface area contributed by atoms with Crippen LogP contribution >= 0.6 is 0 Å². The number of hydrogen-bond acceptors (Lipinski definition) is 4. The Morgan fingerprint density at radius 3 is 2.76 bits per heavy atom. The molecule has 0 spiro atoms. The predicted molar refractivity (Wildman–Crippen MR) is 85.9 cm³/mol. The summed E-state index contributed by atoms with van der Waals surface area (Å²) < 4.78 is 7.50. The van der Waals surface area contributed by atoms with Crippen LogP contribution in [-0.2, 0) is 11.5 Å². The van der Waals surface area contributed by atoms with Crippen LogP contribution in [-0.4, -0.2) is 41.3 Å².